The summed E-state index contributed by atoms with van der Waals surface area (Å²) in [5.74, 6) is -0.938. The Balaban J connectivity index is 1.43. The molecule has 3 amide bonds. The number of nitrogens with one attached hydrogen (secondary N) is 2. The SMILES string of the molecule is CC(C)c1cccc(N2C[C@H](C(=O)Nc3nc(-c4c[nH]c(C(N)=O)c4)cs3)CC2=O)c1. The van der Waals surface area contributed by atoms with Gasteiger partial charge in [0.15, 0.2) is 5.13 Å². The zero-order chi connectivity index (χ0) is 22.1. The molecule has 31 heavy (non-hydrogen) atoms. The van der Waals surface area contributed by atoms with E-state index in [2.05, 4.69) is 29.1 Å². The Morgan fingerprint density at radius 3 is 2.84 bits per heavy atom. The van der Waals surface area contributed by atoms with Crippen LogP contribution in [0.2, 0.25) is 0 Å². The van der Waals surface area contributed by atoms with Gasteiger partial charge in [-0.2, -0.15) is 0 Å². The Kier molecular flexibility index (Phi) is 5.60. The number of hydrogen-bond donors (Lipinski definition) is 3. The highest BCUT2D eigenvalue weighted by atomic mass is 32.1. The summed E-state index contributed by atoms with van der Waals surface area (Å²) < 4.78 is 0. The quantitative estimate of drug-likeness (QED) is 0.547. The van der Waals surface area contributed by atoms with Crippen LogP contribution in [-0.2, 0) is 9.59 Å². The standard InChI is InChI=1S/C22H23N5O3S/c1-12(2)13-4-3-5-16(6-13)27-10-15(8-19(27)28)21(30)26-22-25-18(11-31-22)14-7-17(20(23)29)24-9-14/h3-7,9,11-12,15,24H,8,10H2,1-2H3,(H2,23,29)(H,25,26,30)/t15-/m1/s1. The Hall–Kier alpha value is -3.46. The highest BCUT2D eigenvalue weighted by Gasteiger charge is 2.35. The highest BCUT2D eigenvalue weighted by molar-refractivity contribution is 7.14. The Bertz CT molecular complexity index is 1150. The molecule has 9 heteroatoms. The lowest BCUT2D eigenvalue weighted by molar-refractivity contribution is -0.122. The van der Waals surface area contributed by atoms with E-state index in [-0.39, 0.29) is 18.2 Å². The molecule has 4 N–H and O–H groups in total. The number of primary amides is 1. The first-order valence-corrected chi connectivity index (χ1v) is 10.8. The van der Waals surface area contributed by atoms with Gasteiger partial charge in [-0.25, -0.2) is 4.98 Å². The lowest BCUT2D eigenvalue weighted by Gasteiger charge is -2.18. The monoisotopic (exact) mass is 437 g/mol. The number of aromatic nitrogens is 2. The fraction of sp³-hybridized carbons (Fsp3) is 0.273. The number of aromatic amines is 1. The second-order valence-corrected chi connectivity index (χ2v) is 8.71. The Morgan fingerprint density at radius 1 is 1.32 bits per heavy atom. The number of benzene rings is 1. The van der Waals surface area contributed by atoms with Crippen LogP contribution < -0.4 is 16.0 Å². The molecule has 8 nitrogen and oxygen atoms in total. The van der Waals surface area contributed by atoms with Gasteiger partial charge in [-0.15, -0.1) is 11.3 Å². The average Bonchev–Trinajstić information content (AvgIpc) is 3.47. The van der Waals surface area contributed by atoms with E-state index in [1.54, 1.807) is 22.5 Å². The molecule has 2 aromatic heterocycles. The van der Waals surface area contributed by atoms with Crippen LogP contribution >= 0.6 is 11.3 Å². The number of carbonyl (C=O) groups excluding carboxylic acids is 3. The zero-order valence-electron chi connectivity index (χ0n) is 17.2. The highest BCUT2D eigenvalue weighted by Crippen LogP contribution is 2.30. The lowest BCUT2D eigenvalue weighted by Crippen LogP contribution is -2.28. The third-order valence-corrected chi connectivity index (χ3v) is 6.08. The lowest BCUT2D eigenvalue weighted by atomic mass is 10.0. The van der Waals surface area contributed by atoms with Gasteiger partial charge in [-0.1, -0.05) is 26.0 Å². The first-order chi connectivity index (χ1) is 14.8. The van der Waals surface area contributed by atoms with Gasteiger partial charge in [0.2, 0.25) is 11.8 Å². The third-order valence-electron chi connectivity index (χ3n) is 5.32. The molecule has 0 bridgehead atoms. The van der Waals surface area contributed by atoms with E-state index >= 15 is 0 Å². The van der Waals surface area contributed by atoms with Crippen LogP contribution in [0.25, 0.3) is 11.3 Å². The Labute approximate surface area is 183 Å². The molecule has 0 spiro atoms. The molecule has 0 aliphatic carbocycles. The van der Waals surface area contributed by atoms with Gasteiger partial charge in [0.25, 0.3) is 5.91 Å². The molecule has 1 aliphatic rings. The molecule has 0 radical (unpaired) electrons. The molecular formula is C22H23N5O3S. The van der Waals surface area contributed by atoms with E-state index < -0.39 is 11.8 Å². The Morgan fingerprint density at radius 2 is 2.13 bits per heavy atom. The smallest absolute Gasteiger partial charge is 0.265 e. The number of H-pyrrole nitrogens is 1. The number of hydrogen-bond acceptors (Lipinski definition) is 5. The topological polar surface area (TPSA) is 121 Å². The normalized spacial score (nSPS) is 16.2. The van der Waals surface area contributed by atoms with Crippen molar-refractivity contribution in [1.29, 1.82) is 0 Å². The van der Waals surface area contributed by atoms with Crippen LogP contribution in [0, 0.1) is 5.92 Å². The molecular weight excluding hydrogens is 414 g/mol. The number of thiazole rings is 1. The molecule has 1 aliphatic heterocycles. The number of anilines is 2. The van der Waals surface area contributed by atoms with Crippen LogP contribution in [0.3, 0.4) is 0 Å². The van der Waals surface area contributed by atoms with Crippen LogP contribution in [0.1, 0.15) is 42.2 Å². The second-order valence-electron chi connectivity index (χ2n) is 7.85. The van der Waals surface area contributed by atoms with Crippen LogP contribution in [-0.4, -0.2) is 34.2 Å². The first kappa shape index (κ1) is 20.8. The summed E-state index contributed by atoms with van der Waals surface area (Å²) in [6, 6.07) is 9.49. The molecule has 160 valence electrons. The number of carbonyl (C=O) groups is 3. The van der Waals surface area contributed by atoms with Crippen molar-refractivity contribution < 1.29 is 14.4 Å². The van der Waals surface area contributed by atoms with Gasteiger partial charge in [0, 0.05) is 35.8 Å². The van der Waals surface area contributed by atoms with Crippen molar-refractivity contribution in [2.75, 3.05) is 16.8 Å². The molecule has 3 aromatic rings. The second kappa shape index (κ2) is 8.35. The summed E-state index contributed by atoms with van der Waals surface area (Å²) in [4.78, 5) is 45.4. The van der Waals surface area contributed by atoms with Gasteiger partial charge in [-0.3, -0.25) is 14.4 Å². The first-order valence-electron chi connectivity index (χ1n) is 9.97. The minimum atomic E-state index is -0.551. The van der Waals surface area contributed by atoms with Gasteiger partial charge in [0.05, 0.1) is 11.6 Å². The summed E-state index contributed by atoms with van der Waals surface area (Å²) in [5.41, 5.74) is 8.85. The van der Waals surface area contributed by atoms with E-state index in [1.165, 1.54) is 11.3 Å². The van der Waals surface area contributed by atoms with E-state index in [9.17, 15) is 14.4 Å². The minimum Gasteiger partial charge on any atom is -0.364 e. The number of nitrogens with two attached hydrogens (primary N) is 1. The summed E-state index contributed by atoms with van der Waals surface area (Å²) in [7, 11) is 0. The van der Waals surface area contributed by atoms with E-state index in [4.69, 9.17) is 5.73 Å². The van der Waals surface area contributed by atoms with Crippen molar-refractivity contribution in [1.82, 2.24) is 9.97 Å². The predicted octanol–water partition coefficient (Wildman–Crippen LogP) is 3.35. The zero-order valence-corrected chi connectivity index (χ0v) is 18.0. The fourth-order valence-corrected chi connectivity index (χ4v) is 4.26. The summed E-state index contributed by atoms with van der Waals surface area (Å²) in [5, 5.41) is 5.04. The van der Waals surface area contributed by atoms with Gasteiger partial charge < -0.3 is 20.9 Å². The number of nitrogens with zero attached hydrogens (tertiary/aromatic N) is 2. The predicted molar refractivity (Wildman–Crippen MR) is 120 cm³/mol. The molecule has 4 rings (SSSR count). The number of amides is 3. The summed E-state index contributed by atoms with van der Waals surface area (Å²) in [6.45, 7) is 4.54. The van der Waals surface area contributed by atoms with Crippen molar-refractivity contribution in [2.45, 2.75) is 26.2 Å². The summed E-state index contributed by atoms with van der Waals surface area (Å²) >= 11 is 1.28. The maximum atomic E-state index is 12.8. The maximum absolute atomic E-state index is 12.8. The molecule has 1 atom stereocenters. The minimum absolute atomic E-state index is 0.0628. The molecule has 3 heterocycles. The summed E-state index contributed by atoms with van der Waals surface area (Å²) in [6.07, 6.45) is 1.80. The molecule has 1 aromatic carbocycles. The van der Waals surface area contributed by atoms with Crippen molar-refractivity contribution in [3.63, 3.8) is 0 Å². The largest absolute Gasteiger partial charge is 0.364 e. The van der Waals surface area contributed by atoms with Crippen molar-refractivity contribution in [2.24, 2.45) is 11.7 Å². The molecule has 0 unspecified atom stereocenters. The molecule has 1 saturated heterocycles. The van der Waals surface area contributed by atoms with Gasteiger partial charge >= 0.3 is 0 Å². The maximum Gasteiger partial charge on any atom is 0.265 e. The van der Waals surface area contributed by atoms with E-state index in [0.29, 0.717) is 34.5 Å². The molecule has 1 fully saturated rings. The third kappa shape index (κ3) is 4.36. The number of rotatable bonds is 6. The van der Waals surface area contributed by atoms with Gasteiger partial charge in [0.1, 0.15) is 5.69 Å². The van der Waals surface area contributed by atoms with Crippen LogP contribution in [0.5, 0.6) is 0 Å². The van der Waals surface area contributed by atoms with E-state index in [1.807, 2.05) is 24.3 Å². The van der Waals surface area contributed by atoms with E-state index in [0.717, 1.165) is 11.3 Å². The molecule has 0 saturated carbocycles. The average molecular weight is 438 g/mol. The van der Waals surface area contributed by atoms with Gasteiger partial charge in [-0.05, 0) is 29.7 Å². The van der Waals surface area contributed by atoms with Crippen molar-refractivity contribution in [3.05, 3.63) is 53.2 Å². The van der Waals surface area contributed by atoms with Crippen LogP contribution in [0.4, 0.5) is 10.8 Å². The van der Waals surface area contributed by atoms with Crippen molar-refractivity contribution >= 4 is 39.9 Å². The van der Waals surface area contributed by atoms with Crippen molar-refractivity contribution in [3.8, 4) is 11.3 Å². The fourth-order valence-electron chi connectivity index (χ4n) is 3.54. The van der Waals surface area contributed by atoms with Crippen LogP contribution in [0.15, 0.2) is 41.9 Å².